The van der Waals surface area contributed by atoms with Crippen LogP contribution in [0.1, 0.15) is 25.3 Å². The standard InChI is InChI=1S/C15H15Cl2NO3S/c1-7-11(15(19)20)12(14(22(3)21)8(2)18-7)9-5-4-6-10(16)13(9)17/h4-6,12,18H,1-3H3,(H,19,20). The highest BCUT2D eigenvalue weighted by molar-refractivity contribution is 7.94. The summed E-state index contributed by atoms with van der Waals surface area (Å²) in [5.74, 6) is -1.78. The first kappa shape index (κ1) is 17.2. The fourth-order valence-corrected chi connectivity index (χ4v) is 4.16. The van der Waals surface area contributed by atoms with Crippen LogP contribution in [0.25, 0.3) is 0 Å². The van der Waals surface area contributed by atoms with E-state index in [9.17, 15) is 14.5 Å². The van der Waals surface area contributed by atoms with Crippen LogP contribution in [0.5, 0.6) is 0 Å². The van der Waals surface area contributed by atoms with Crippen molar-refractivity contribution >= 4 is 40.3 Å². The van der Waals surface area contributed by atoms with Gasteiger partial charge in [0.15, 0.2) is 4.91 Å². The maximum atomic E-state index is 12.2. The van der Waals surface area contributed by atoms with E-state index in [-0.39, 0.29) is 10.6 Å². The molecule has 1 aliphatic rings. The number of hydrogen-bond acceptors (Lipinski definition) is 3. The third-order valence-corrected chi connectivity index (χ3v) is 5.53. The zero-order valence-electron chi connectivity index (χ0n) is 12.2. The number of rotatable bonds is 3. The first-order valence-corrected chi connectivity index (χ1v) is 8.76. The number of carboxylic acids is 1. The SMILES string of the molecule is CC1=C(C(=O)O)C(c2cccc(Cl)c2Cl)C([S+](C)[O-])=C(C)N1. The van der Waals surface area contributed by atoms with E-state index in [1.807, 2.05) is 0 Å². The molecule has 0 radical (unpaired) electrons. The van der Waals surface area contributed by atoms with Crippen LogP contribution in [0.3, 0.4) is 0 Å². The molecule has 1 aliphatic heterocycles. The van der Waals surface area contributed by atoms with Crippen LogP contribution in [0.15, 0.2) is 40.1 Å². The minimum Gasteiger partial charge on any atom is -0.612 e. The predicted octanol–water partition coefficient (Wildman–Crippen LogP) is 3.65. The van der Waals surface area contributed by atoms with Crippen LogP contribution in [0.4, 0.5) is 0 Å². The van der Waals surface area contributed by atoms with Crippen LogP contribution >= 0.6 is 23.2 Å². The van der Waals surface area contributed by atoms with E-state index in [2.05, 4.69) is 5.32 Å². The number of carboxylic acid groups (broad SMARTS) is 1. The molecule has 0 spiro atoms. The molecule has 118 valence electrons. The number of carbonyl (C=O) groups is 1. The summed E-state index contributed by atoms with van der Waals surface area (Å²) in [7, 11) is 0. The Hall–Kier alpha value is -1.14. The zero-order valence-corrected chi connectivity index (χ0v) is 14.6. The second kappa shape index (κ2) is 6.54. The van der Waals surface area contributed by atoms with Gasteiger partial charge in [-0.05, 0) is 36.7 Å². The Bertz CT molecular complexity index is 698. The topological polar surface area (TPSA) is 72.4 Å². The highest BCUT2D eigenvalue weighted by atomic mass is 35.5. The van der Waals surface area contributed by atoms with Crippen molar-refractivity contribution in [2.45, 2.75) is 19.8 Å². The van der Waals surface area contributed by atoms with E-state index in [0.29, 0.717) is 26.9 Å². The van der Waals surface area contributed by atoms with Gasteiger partial charge in [-0.15, -0.1) is 0 Å². The molecule has 1 aromatic carbocycles. The summed E-state index contributed by atoms with van der Waals surface area (Å²) in [6.45, 7) is 3.44. The van der Waals surface area contributed by atoms with E-state index >= 15 is 0 Å². The summed E-state index contributed by atoms with van der Waals surface area (Å²) < 4.78 is 12.2. The maximum Gasteiger partial charge on any atom is 0.334 e. The number of halogens is 2. The minimum absolute atomic E-state index is 0.125. The van der Waals surface area contributed by atoms with Crippen molar-refractivity contribution in [3.8, 4) is 0 Å². The van der Waals surface area contributed by atoms with Crippen molar-refractivity contribution in [1.29, 1.82) is 0 Å². The molecule has 2 atom stereocenters. The molecule has 0 fully saturated rings. The molecule has 0 amide bonds. The lowest BCUT2D eigenvalue weighted by atomic mass is 9.86. The van der Waals surface area contributed by atoms with Crippen molar-refractivity contribution in [1.82, 2.24) is 5.32 Å². The number of nitrogens with one attached hydrogen (secondary N) is 1. The van der Waals surface area contributed by atoms with Gasteiger partial charge in [0.2, 0.25) is 0 Å². The Kier molecular flexibility index (Phi) is 5.12. The third-order valence-electron chi connectivity index (χ3n) is 3.53. The first-order chi connectivity index (χ1) is 10.3. The Balaban J connectivity index is 2.75. The summed E-state index contributed by atoms with van der Waals surface area (Å²) in [5, 5.41) is 13.2. The Labute approximate surface area is 142 Å². The Morgan fingerprint density at radius 3 is 2.50 bits per heavy atom. The lowest BCUT2D eigenvalue weighted by molar-refractivity contribution is -0.133. The Morgan fingerprint density at radius 1 is 1.32 bits per heavy atom. The molecule has 0 aliphatic carbocycles. The zero-order chi connectivity index (χ0) is 16.6. The summed E-state index contributed by atoms with van der Waals surface area (Å²) >= 11 is 11.0. The lowest BCUT2D eigenvalue weighted by Gasteiger charge is -2.30. The normalized spacial score (nSPS) is 20.0. The van der Waals surface area contributed by atoms with Crippen LogP contribution in [-0.4, -0.2) is 21.9 Å². The molecule has 0 aromatic heterocycles. The van der Waals surface area contributed by atoms with Gasteiger partial charge in [-0.1, -0.05) is 35.3 Å². The maximum absolute atomic E-state index is 12.2. The molecule has 0 bridgehead atoms. The highest BCUT2D eigenvalue weighted by Gasteiger charge is 2.39. The molecular weight excluding hydrogens is 345 g/mol. The van der Waals surface area contributed by atoms with Crippen molar-refractivity contribution in [3.63, 3.8) is 0 Å². The number of dihydropyridines is 1. The largest absolute Gasteiger partial charge is 0.612 e. The highest BCUT2D eigenvalue weighted by Crippen LogP contribution is 2.44. The number of allylic oxidation sites excluding steroid dienone is 3. The third kappa shape index (κ3) is 2.99. The molecule has 1 heterocycles. The smallest absolute Gasteiger partial charge is 0.334 e. The van der Waals surface area contributed by atoms with E-state index in [4.69, 9.17) is 23.2 Å². The van der Waals surface area contributed by atoms with Gasteiger partial charge in [-0.25, -0.2) is 4.79 Å². The number of hydrogen-bond donors (Lipinski definition) is 2. The van der Waals surface area contributed by atoms with Gasteiger partial charge in [0.1, 0.15) is 6.26 Å². The molecule has 22 heavy (non-hydrogen) atoms. The number of benzene rings is 1. The van der Waals surface area contributed by atoms with E-state index in [0.717, 1.165) is 0 Å². The summed E-state index contributed by atoms with van der Waals surface area (Å²) in [6, 6.07) is 5.04. The van der Waals surface area contributed by atoms with Gasteiger partial charge < -0.3 is 15.0 Å². The predicted molar refractivity (Wildman–Crippen MR) is 89.4 cm³/mol. The van der Waals surface area contributed by atoms with Crippen LogP contribution in [0.2, 0.25) is 10.0 Å². The molecule has 0 saturated carbocycles. The fraction of sp³-hybridized carbons (Fsp3) is 0.267. The summed E-state index contributed by atoms with van der Waals surface area (Å²) in [4.78, 5) is 12.2. The second-order valence-corrected chi connectivity index (χ2v) is 7.12. The van der Waals surface area contributed by atoms with Gasteiger partial charge >= 0.3 is 5.97 Å². The Morgan fingerprint density at radius 2 is 1.95 bits per heavy atom. The molecule has 0 saturated heterocycles. The molecular formula is C15H15Cl2NO3S. The van der Waals surface area contributed by atoms with E-state index in [1.54, 1.807) is 32.0 Å². The lowest BCUT2D eigenvalue weighted by Crippen LogP contribution is -2.31. The number of aliphatic carboxylic acids is 1. The monoisotopic (exact) mass is 359 g/mol. The minimum atomic E-state index is -1.36. The second-order valence-electron chi connectivity index (χ2n) is 4.99. The van der Waals surface area contributed by atoms with Crippen LogP contribution < -0.4 is 5.32 Å². The van der Waals surface area contributed by atoms with Gasteiger partial charge in [0.05, 0.1) is 27.2 Å². The molecule has 7 heteroatoms. The van der Waals surface area contributed by atoms with Gasteiger partial charge in [-0.3, -0.25) is 0 Å². The quantitative estimate of drug-likeness (QED) is 0.807. The van der Waals surface area contributed by atoms with E-state index < -0.39 is 23.1 Å². The molecule has 4 nitrogen and oxygen atoms in total. The van der Waals surface area contributed by atoms with Gasteiger partial charge in [0, 0.05) is 5.70 Å². The van der Waals surface area contributed by atoms with Gasteiger partial charge in [0.25, 0.3) is 0 Å². The van der Waals surface area contributed by atoms with Crippen LogP contribution in [-0.2, 0) is 16.0 Å². The summed E-state index contributed by atoms with van der Waals surface area (Å²) in [5.41, 5.74) is 1.83. The first-order valence-electron chi connectivity index (χ1n) is 6.44. The molecule has 2 unspecified atom stereocenters. The van der Waals surface area contributed by atoms with Crippen molar-refractivity contribution in [2.24, 2.45) is 0 Å². The van der Waals surface area contributed by atoms with Crippen molar-refractivity contribution < 1.29 is 14.5 Å². The average molecular weight is 360 g/mol. The van der Waals surface area contributed by atoms with Crippen molar-refractivity contribution in [3.05, 3.63) is 55.7 Å². The molecule has 2 rings (SSSR count). The van der Waals surface area contributed by atoms with E-state index in [1.165, 1.54) is 6.26 Å². The molecule has 1 aromatic rings. The summed E-state index contributed by atoms with van der Waals surface area (Å²) in [6.07, 6.45) is 1.52. The van der Waals surface area contributed by atoms with Crippen LogP contribution in [0, 0.1) is 0 Å². The fourth-order valence-electron chi connectivity index (χ4n) is 2.68. The average Bonchev–Trinajstić information content (AvgIpc) is 2.39. The van der Waals surface area contributed by atoms with Gasteiger partial charge in [-0.2, -0.15) is 0 Å². The van der Waals surface area contributed by atoms with Crippen molar-refractivity contribution in [2.75, 3.05) is 6.26 Å². The molecule has 2 N–H and O–H groups in total.